The van der Waals surface area contributed by atoms with Gasteiger partial charge in [-0.25, -0.2) is 9.78 Å². The van der Waals surface area contributed by atoms with Crippen LogP contribution < -0.4 is 5.73 Å². The van der Waals surface area contributed by atoms with Gasteiger partial charge in [0.2, 0.25) is 5.95 Å². The number of nitrogen functional groups attached to an aromatic ring is 1. The van der Waals surface area contributed by atoms with Gasteiger partial charge in [0.15, 0.2) is 0 Å². The van der Waals surface area contributed by atoms with Gasteiger partial charge in [0.05, 0.1) is 23.7 Å². The summed E-state index contributed by atoms with van der Waals surface area (Å²) in [6, 6.07) is 6.03. The molecule has 0 bridgehead atoms. The second kappa shape index (κ2) is 6.39. The Labute approximate surface area is 143 Å². The van der Waals surface area contributed by atoms with E-state index >= 15 is 0 Å². The third-order valence-corrected chi connectivity index (χ3v) is 4.50. The highest BCUT2D eigenvalue weighted by Crippen LogP contribution is 2.31. The van der Waals surface area contributed by atoms with Crippen LogP contribution in [0, 0.1) is 5.92 Å². The summed E-state index contributed by atoms with van der Waals surface area (Å²) >= 11 is 3.49. The van der Waals surface area contributed by atoms with Crippen molar-refractivity contribution in [2.75, 3.05) is 25.4 Å². The molecular weight excluding hydrogens is 360 g/mol. The average molecular weight is 381 g/mol. The molecule has 1 fully saturated rings. The molecule has 7 heteroatoms. The minimum Gasteiger partial charge on any atom is -0.449 e. The van der Waals surface area contributed by atoms with Crippen LogP contribution in [0.5, 0.6) is 0 Å². The maximum Gasteiger partial charge on any atom is 0.409 e. The van der Waals surface area contributed by atoms with Gasteiger partial charge < -0.3 is 19.9 Å². The van der Waals surface area contributed by atoms with Crippen LogP contribution in [0.15, 0.2) is 22.7 Å². The smallest absolute Gasteiger partial charge is 0.409 e. The van der Waals surface area contributed by atoms with Gasteiger partial charge in [0, 0.05) is 17.6 Å². The fourth-order valence-electron chi connectivity index (χ4n) is 2.92. The van der Waals surface area contributed by atoms with E-state index in [1.165, 1.54) is 0 Å². The highest BCUT2D eigenvalue weighted by molar-refractivity contribution is 9.10. The second-order valence-electron chi connectivity index (χ2n) is 6.33. The summed E-state index contributed by atoms with van der Waals surface area (Å²) in [5.74, 6) is 0.823. The Balaban J connectivity index is 1.78. The molecule has 3 rings (SSSR count). The Morgan fingerprint density at radius 2 is 2.30 bits per heavy atom. The molecule has 2 aromatic rings. The monoisotopic (exact) mass is 380 g/mol. The molecule has 2 heterocycles. The lowest BCUT2D eigenvalue weighted by atomic mass is 10.2. The molecule has 1 amide bonds. The summed E-state index contributed by atoms with van der Waals surface area (Å²) in [5.41, 5.74) is 7.96. The Kier molecular flexibility index (Phi) is 4.48. The molecule has 0 spiro atoms. The van der Waals surface area contributed by atoms with E-state index in [0.717, 1.165) is 21.9 Å². The zero-order chi connectivity index (χ0) is 16.6. The van der Waals surface area contributed by atoms with Gasteiger partial charge in [-0.2, -0.15) is 0 Å². The first-order valence-corrected chi connectivity index (χ1v) is 8.59. The van der Waals surface area contributed by atoms with Crippen molar-refractivity contribution in [3.63, 3.8) is 0 Å². The number of aromatic nitrogens is 2. The normalized spacial score (nSPS) is 18.1. The predicted octanol–water partition coefficient (Wildman–Crippen LogP) is 3.42. The van der Waals surface area contributed by atoms with E-state index in [2.05, 4.69) is 20.9 Å². The number of amides is 1. The molecule has 6 nitrogen and oxygen atoms in total. The molecule has 0 aliphatic carbocycles. The molecule has 2 N–H and O–H groups in total. The molecule has 1 saturated heterocycles. The van der Waals surface area contributed by atoms with E-state index in [9.17, 15) is 4.79 Å². The molecule has 0 saturated carbocycles. The van der Waals surface area contributed by atoms with Crippen LogP contribution in [0.2, 0.25) is 0 Å². The molecule has 1 unspecified atom stereocenters. The topological polar surface area (TPSA) is 73.4 Å². The van der Waals surface area contributed by atoms with Gasteiger partial charge in [-0.1, -0.05) is 29.8 Å². The lowest BCUT2D eigenvalue weighted by Crippen LogP contribution is -2.30. The summed E-state index contributed by atoms with van der Waals surface area (Å²) in [6.45, 7) is 5.77. The Hall–Kier alpha value is -1.76. The summed E-state index contributed by atoms with van der Waals surface area (Å²) in [6.07, 6.45) is 0.601. The number of rotatable bonds is 3. The number of nitrogens with zero attached hydrogens (tertiary/aromatic N) is 3. The molecule has 1 aromatic heterocycles. The highest BCUT2D eigenvalue weighted by Gasteiger charge is 2.30. The van der Waals surface area contributed by atoms with Crippen LogP contribution in [-0.2, 0) is 4.74 Å². The number of ether oxygens (including phenoxy) is 1. The molecule has 23 heavy (non-hydrogen) atoms. The summed E-state index contributed by atoms with van der Waals surface area (Å²) in [4.78, 5) is 18.3. The number of hydrogen-bond donors (Lipinski definition) is 1. The number of imidazole rings is 1. The number of benzene rings is 1. The van der Waals surface area contributed by atoms with Crippen molar-refractivity contribution in [1.82, 2.24) is 14.5 Å². The van der Waals surface area contributed by atoms with Crippen LogP contribution in [0.4, 0.5) is 10.7 Å². The molecule has 1 aliphatic heterocycles. The SMILES string of the molecule is CC(C)COC(=O)N1CCC(n2c(N)nc3ccc(Br)cc32)C1. The maximum absolute atomic E-state index is 12.1. The second-order valence-corrected chi connectivity index (χ2v) is 7.25. The quantitative estimate of drug-likeness (QED) is 0.884. The average Bonchev–Trinajstić information content (AvgIpc) is 3.08. The van der Waals surface area contributed by atoms with Gasteiger partial charge in [-0.15, -0.1) is 0 Å². The molecule has 1 aromatic carbocycles. The number of fused-ring (bicyclic) bond motifs is 1. The van der Waals surface area contributed by atoms with Crippen molar-refractivity contribution in [2.24, 2.45) is 5.92 Å². The zero-order valence-electron chi connectivity index (χ0n) is 13.3. The van der Waals surface area contributed by atoms with Crippen molar-refractivity contribution in [1.29, 1.82) is 0 Å². The minimum absolute atomic E-state index is 0.126. The lowest BCUT2D eigenvalue weighted by Gasteiger charge is -2.18. The molecule has 124 valence electrons. The summed E-state index contributed by atoms with van der Waals surface area (Å²) in [5, 5.41) is 0. The van der Waals surface area contributed by atoms with Crippen molar-refractivity contribution >= 4 is 39.0 Å². The van der Waals surface area contributed by atoms with Gasteiger partial charge in [0.1, 0.15) is 0 Å². The van der Waals surface area contributed by atoms with Crippen LogP contribution in [0.3, 0.4) is 0 Å². The van der Waals surface area contributed by atoms with Gasteiger partial charge in [-0.05, 0) is 30.5 Å². The van der Waals surface area contributed by atoms with E-state index in [1.807, 2.05) is 36.6 Å². The first-order valence-electron chi connectivity index (χ1n) is 7.80. The largest absolute Gasteiger partial charge is 0.449 e. The number of carbonyl (C=O) groups excluding carboxylic acids is 1. The van der Waals surface area contributed by atoms with E-state index in [0.29, 0.717) is 31.6 Å². The third kappa shape index (κ3) is 3.29. The zero-order valence-corrected chi connectivity index (χ0v) is 14.9. The maximum atomic E-state index is 12.1. The Morgan fingerprint density at radius 1 is 1.52 bits per heavy atom. The first kappa shape index (κ1) is 16.1. The fourth-order valence-corrected chi connectivity index (χ4v) is 3.27. The molecule has 0 radical (unpaired) electrons. The lowest BCUT2D eigenvalue weighted by molar-refractivity contribution is 0.0985. The number of nitrogens with two attached hydrogens (primary N) is 1. The molecule has 1 aliphatic rings. The van der Waals surface area contributed by atoms with Crippen LogP contribution in [0.1, 0.15) is 26.3 Å². The van der Waals surface area contributed by atoms with Crippen molar-refractivity contribution < 1.29 is 9.53 Å². The van der Waals surface area contributed by atoms with Crippen LogP contribution in [-0.4, -0.2) is 40.2 Å². The highest BCUT2D eigenvalue weighted by atomic mass is 79.9. The number of likely N-dealkylation sites (tertiary alicyclic amines) is 1. The molecular formula is C16H21BrN4O2. The summed E-state index contributed by atoms with van der Waals surface area (Å²) < 4.78 is 8.32. The Morgan fingerprint density at radius 3 is 3.04 bits per heavy atom. The van der Waals surface area contributed by atoms with E-state index in [1.54, 1.807) is 4.90 Å². The number of hydrogen-bond acceptors (Lipinski definition) is 4. The number of carbonyl (C=O) groups is 1. The number of anilines is 1. The van der Waals surface area contributed by atoms with Crippen molar-refractivity contribution in [3.8, 4) is 0 Å². The molecule has 1 atom stereocenters. The minimum atomic E-state index is -0.245. The standard InChI is InChI=1S/C16H21BrN4O2/c1-10(2)9-23-16(22)20-6-5-12(8-20)21-14-7-11(17)3-4-13(14)19-15(21)18/h3-4,7,10,12H,5-6,8-9H2,1-2H3,(H2,18,19). The third-order valence-electron chi connectivity index (χ3n) is 4.01. The van der Waals surface area contributed by atoms with Gasteiger partial charge in [0.25, 0.3) is 0 Å². The van der Waals surface area contributed by atoms with E-state index in [-0.39, 0.29) is 12.1 Å². The van der Waals surface area contributed by atoms with Crippen LogP contribution >= 0.6 is 15.9 Å². The van der Waals surface area contributed by atoms with E-state index in [4.69, 9.17) is 10.5 Å². The predicted molar refractivity (Wildman–Crippen MR) is 93.3 cm³/mol. The fraction of sp³-hybridized carbons (Fsp3) is 0.500. The Bertz CT molecular complexity index is 728. The van der Waals surface area contributed by atoms with E-state index < -0.39 is 0 Å². The van der Waals surface area contributed by atoms with Crippen molar-refractivity contribution in [2.45, 2.75) is 26.3 Å². The van der Waals surface area contributed by atoms with Crippen molar-refractivity contribution in [3.05, 3.63) is 22.7 Å². The van der Waals surface area contributed by atoms with Gasteiger partial charge >= 0.3 is 6.09 Å². The number of halogens is 1. The van der Waals surface area contributed by atoms with Gasteiger partial charge in [-0.3, -0.25) is 0 Å². The summed E-state index contributed by atoms with van der Waals surface area (Å²) in [7, 11) is 0. The van der Waals surface area contributed by atoms with Crippen LogP contribution in [0.25, 0.3) is 11.0 Å². The first-order chi connectivity index (χ1) is 11.0.